The Hall–Kier alpha value is -6.01. The molecule has 6 aromatic rings. The van der Waals surface area contributed by atoms with Gasteiger partial charge in [-0.2, -0.15) is 10.1 Å². The number of hydrogen-bond donors (Lipinski definition) is 4. The Balaban J connectivity index is 0.825. The minimum atomic E-state index is -3.76. The number of aryl methyl sites for hydroxylation is 2. The van der Waals surface area contributed by atoms with Crippen LogP contribution in [0.25, 0.3) is 27.8 Å². The molecule has 4 aromatic heterocycles. The first-order valence-electron chi connectivity index (χ1n) is 19.1. The summed E-state index contributed by atoms with van der Waals surface area (Å²) in [5.74, 6) is 0.154. The summed E-state index contributed by atoms with van der Waals surface area (Å²) >= 11 is 0. The lowest BCUT2D eigenvalue weighted by Crippen LogP contribution is -2.54. The number of ether oxygens (including phenoxy) is 1. The zero-order valence-electron chi connectivity index (χ0n) is 31.8. The van der Waals surface area contributed by atoms with Crippen LogP contribution < -0.4 is 30.7 Å². The van der Waals surface area contributed by atoms with Gasteiger partial charge in [0.15, 0.2) is 11.4 Å². The van der Waals surface area contributed by atoms with Crippen LogP contribution in [0.1, 0.15) is 57.1 Å². The number of hydrogen-bond acceptors (Lipinski definition) is 11. The van der Waals surface area contributed by atoms with E-state index in [1.54, 1.807) is 52.9 Å². The molecule has 4 N–H and O–H groups in total. The van der Waals surface area contributed by atoms with E-state index in [2.05, 4.69) is 40.5 Å². The molecule has 3 aliphatic rings. The number of fused-ring (bicyclic) bond motifs is 2. The SMILES string of the molecule is CCOc1c(-c2cn[nH]c2)ccn2nc(Nc3ccc(S(=O)(=O)NC4CC5(CCN(c6ccc7c(c6)n(C)c(=O)n7C6CCC(=O)NC6=O)CC5)C4)cc3C)nc12. The van der Waals surface area contributed by atoms with Crippen LogP contribution >= 0.6 is 0 Å². The number of sulfonamides is 1. The van der Waals surface area contributed by atoms with Crippen LogP contribution in [0.4, 0.5) is 17.3 Å². The topological polar surface area (TPSA) is 203 Å². The number of imidazole rings is 1. The van der Waals surface area contributed by atoms with Crippen molar-refractivity contribution in [3.8, 4) is 16.9 Å². The molecule has 2 saturated heterocycles. The van der Waals surface area contributed by atoms with Crippen molar-refractivity contribution in [2.75, 3.05) is 29.9 Å². The number of benzene rings is 2. The zero-order chi connectivity index (χ0) is 39.6. The van der Waals surface area contributed by atoms with Gasteiger partial charge < -0.3 is 15.0 Å². The van der Waals surface area contributed by atoms with Crippen LogP contribution in [0, 0.1) is 12.3 Å². The van der Waals surface area contributed by atoms with Gasteiger partial charge in [0.25, 0.3) is 0 Å². The number of carbonyl (C=O) groups is 2. The van der Waals surface area contributed by atoms with E-state index < -0.39 is 22.0 Å². The molecule has 2 amide bonds. The maximum absolute atomic E-state index is 13.6. The number of imide groups is 1. The van der Waals surface area contributed by atoms with Gasteiger partial charge >= 0.3 is 5.69 Å². The number of H-pyrrole nitrogens is 1. The molecule has 9 rings (SSSR count). The molecule has 2 aliphatic heterocycles. The van der Waals surface area contributed by atoms with Gasteiger partial charge in [-0.25, -0.2) is 22.4 Å². The molecule has 18 heteroatoms. The summed E-state index contributed by atoms with van der Waals surface area (Å²) < 4.78 is 40.7. The van der Waals surface area contributed by atoms with Crippen LogP contribution in [0.3, 0.4) is 0 Å². The Bertz CT molecular complexity index is 2720. The Morgan fingerprint density at radius 3 is 2.56 bits per heavy atom. The number of aromatic amines is 1. The normalized spacial score (nSPS) is 18.6. The van der Waals surface area contributed by atoms with Crippen molar-refractivity contribution in [3.05, 3.63) is 77.1 Å². The highest BCUT2D eigenvalue weighted by atomic mass is 32.2. The number of carbonyl (C=O) groups excluding carboxylic acids is 2. The molecule has 0 radical (unpaired) electrons. The van der Waals surface area contributed by atoms with E-state index in [9.17, 15) is 22.8 Å². The molecule has 1 unspecified atom stereocenters. The summed E-state index contributed by atoms with van der Waals surface area (Å²) in [6.45, 7) is 5.81. The summed E-state index contributed by atoms with van der Waals surface area (Å²) in [6, 6.07) is 11.8. The fourth-order valence-electron chi connectivity index (χ4n) is 8.73. The molecule has 17 nitrogen and oxygen atoms in total. The van der Waals surface area contributed by atoms with Crippen molar-refractivity contribution in [1.82, 2.24) is 44.0 Å². The number of pyridine rings is 1. The van der Waals surface area contributed by atoms with E-state index in [1.807, 2.05) is 38.1 Å². The molecule has 1 saturated carbocycles. The van der Waals surface area contributed by atoms with Crippen molar-refractivity contribution in [2.45, 2.75) is 69.4 Å². The zero-order valence-corrected chi connectivity index (χ0v) is 32.6. The second-order valence-corrected chi connectivity index (χ2v) is 17.1. The van der Waals surface area contributed by atoms with Gasteiger partial charge in [-0.1, -0.05) is 0 Å². The standard InChI is InChI=1S/C39H43N11O6S/c1-4-56-34-28(24-21-40-41-22-24)11-14-49-35(34)44-37(45-49)42-29-7-6-27(17-23(29)2)57(54,55)46-25-19-39(20-25)12-15-48(16-13-39)26-5-8-30-32(18-26)47(3)38(53)50(30)31-9-10-33(51)43-36(31)52/h5-8,11,14,17-18,21-22,25,31,46H,4,9-10,12-13,15-16,19-20H2,1-3H3,(H,40,41)(H,42,45)(H,43,51,52). The van der Waals surface area contributed by atoms with Crippen LogP contribution in [0.2, 0.25) is 0 Å². The maximum Gasteiger partial charge on any atom is 0.329 e. The van der Waals surface area contributed by atoms with Gasteiger partial charge in [0.1, 0.15) is 6.04 Å². The van der Waals surface area contributed by atoms with E-state index in [4.69, 9.17) is 4.74 Å². The van der Waals surface area contributed by atoms with Gasteiger partial charge in [0, 0.05) is 67.5 Å². The quantitative estimate of drug-likeness (QED) is 0.147. The van der Waals surface area contributed by atoms with Crippen LogP contribution in [-0.2, 0) is 26.7 Å². The van der Waals surface area contributed by atoms with E-state index in [0.717, 1.165) is 66.7 Å². The van der Waals surface area contributed by atoms with Crippen LogP contribution in [0.15, 0.2) is 70.7 Å². The van der Waals surface area contributed by atoms with Gasteiger partial charge in [0.2, 0.25) is 27.8 Å². The number of piperidine rings is 2. The second kappa shape index (κ2) is 13.9. The number of aromatic nitrogens is 7. The van der Waals surface area contributed by atoms with Crippen molar-refractivity contribution in [3.63, 3.8) is 0 Å². The highest BCUT2D eigenvalue weighted by Crippen LogP contribution is 2.50. The summed E-state index contributed by atoms with van der Waals surface area (Å²) in [6.07, 6.45) is 9.17. The molecular formula is C39H43N11O6S. The number of nitrogens with zero attached hydrogens (tertiary/aromatic N) is 7. The van der Waals surface area contributed by atoms with Crippen molar-refractivity contribution in [1.29, 1.82) is 0 Å². The van der Waals surface area contributed by atoms with E-state index in [1.165, 1.54) is 4.57 Å². The molecule has 57 heavy (non-hydrogen) atoms. The predicted octanol–water partition coefficient (Wildman–Crippen LogP) is 3.93. The Kier molecular flexibility index (Phi) is 8.91. The minimum absolute atomic E-state index is 0.0713. The third-order valence-corrected chi connectivity index (χ3v) is 13.3. The summed E-state index contributed by atoms with van der Waals surface area (Å²) in [4.78, 5) is 44.7. The number of nitrogens with one attached hydrogen (secondary N) is 4. The first kappa shape index (κ1) is 36.6. The minimum Gasteiger partial charge on any atom is -0.489 e. The van der Waals surface area contributed by atoms with E-state index >= 15 is 0 Å². The fourth-order valence-corrected chi connectivity index (χ4v) is 10.1. The summed E-state index contributed by atoms with van der Waals surface area (Å²) in [5, 5.41) is 17.0. The largest absolute Gasteiger partial charge is 0.489 e. The Labute approximate surface area is 327 Å². The first-order valence-corrected chi connectivity index (χ1v) is 20.6. The summed E-state index contributed by atoms with van der Waals surface area (Å²) in [7, 11) is -2.06. The predicted molar refractivity (Wildman–Crippen MR) is 212 cm³/mol. The molecule has 1 aliphatic carbocycles. The average Bonchev–Trinajstić information content (AvgIpc) is 3.92. The second-order valence-electron chi connectivity index (χ2n) is 15.3. The van der Waals surface area contributed by atoms with E-state index in [0.29, 0.717) is 35.2 Å². The smallest absolute Gasteiger partial charge is 0.329 e. The molecule has 0 bridgehead atoms. The van der Waals surface area contributed by atoms with Crippen LogP contribution in [0.5, 0.6) is 5.75 Å². The molecule has 1 atom stereocenters. The molecule has 3 fully saturated rings. The monoisotopic (exact) mass is 793 g/mol. The molecule has 1 spiro atoms. The van der Waals surface area contributed by atoms with Crippen LogP contribution in [-0.4, -0.2) is 79.9 Å². The summed E-state index contributed by atoms with van der Waals surface area (Å²) in [5.41, 5.74) is 5.80. The lowest BCUT2D eigenvalue weighted by Gasteiger charge is -2.52. The van der Waals surface area contributed by atoms with Gasteiger partial charge in [-0.3, -0.25) is 29.1 Å². The highest BCUT2D eigenvalue weighted by molar-refractivity contribution is 7.89. The molecule has 296 valence electrons. The Morgan fingerprint density at radius 1 is 1.04 bits per heavy atom. The maximum atomic E-state index is 13.6. The first-order chi connectivity index (χ1) is 27.4. The van der Waals surface area contributed by atoms with Gasteiger partial charge in [-0.05, 0) is 99.4 Å². The number of amides is 2. The Morgan fingerprint density at radius 2 is 1.84 bits per heavy atom. The van der Waals surface area contributed by atoms with Crippen molar-refractivity contribution >= 4 is 55.8 Å². The van der Waals surface area contributed by atoms with Gasteiger partial charge in [-0.15, -0.1) is 5.10 Å². The third-order valence-electron chi connectivity index (χ3n) is 11.8. The van der Waals surface area contributed by atoms with Gasteiger partial charge in [0.05, 0.1) is 28.7 Å². The fraction of sp³-hybridized carbons (Fsp3) is 0.385. The highest BCUT2D eigenvalue weighted by Gasteiger charge is 2.47. The molecule has 6 heterocycles. The molecular weight excluding hydrogens is 751 g/mol. The van der Waals surface area contributed by atoms with Crippen molar-refractivity contribution < 1.29 is 22.7 Å². The lowest BCUT2D eigenvalue weighted by atomic mass is 9.60. The third kappa shape index (κ3) is 6.51. The number of anilines is 3. The van der Waals surface area contributed by atoms with E-state index in [-0.39, 0.29) is 40.8 Å². The molecule has 2 aromatic carbocycles. The average molecular weight is 794 g/mol. The lowest BCUT2D eigenvalue weighted by molar-refractivity contribution is -0.135. The number of rotatable bonds is 10. The van der Waals surface area contributed by atoms with Crippen molar-refractivity contribution in [2.24, 2.45) is 12.5 Å².